The van der Waals surface area contributed by atoms with E-state index in [1.54, 1.807) is 12.5 Å². The van der Waals surface area contributed by atoms with E-state index in [9.17, 15) is 18.0 Å². The van der Waals surface area contributed by atoms with E-state index in [0.717, 1.165) is 40.0 Å². The summed E-state index contributed by atoms with van der Waals surface area (Å²) < 4.78 is 46.5. The molecule has 1 heterocycles. The van der Waals surface area contributed by atoms with E-state index in [4.69, 9.17) is 4.74 Å². The van der Waals surface area contributed by atoms with Gasteiger partial charge in [-0.2, -0.15) is 0 Å². The quantitative estimate of drug-likeness (QED) is 0.318. The highest BCUT2D eigenvalue weighted by Crippen LogP contribution is 2.26. The maximum atomic E-state index is 12.9. The molecule has 0 aliphatic heterocycles. The second-order valence-electron chi connectivity index (χ2n) is 7.33. The smallest absolute Gasteiger partial charge is 0.494 e. The van der Waals surface area contributed by atoms with Crippen molar-refractivity contribution >= 4 is 34.3 Å². The molecule has 0 saturated carbocycles. The summed E-state index contributed by atoms with van der Waals surface area (Å²) in [5.74, 6) is 0.0463. The van der Waals surface area contributed by atoms with Gasteiger partial charge in [-0.25, -0.2) is 0 Å². The Morgan fingerprint density at radius 2 is 1.77 bits per heavy atom. The number of rotatable bonds is 10. The first-order chi connectivity index (χ1) is 16.7. The van der Waals surface area contributed by atoms with Crippen molar-refractivity contribution in [2.24, 2.45) is 0 Å². The number of carbonyl (C=O) groups is 1. The number of carbonyl (C=O) groups excluding carboxylic acids is 1. The van der Waals surface area contributed by atoms with E-state index in [0.29, 0.717) is 30.2 Å². The van der Waals surface area contributed by atoms with Gasteiger partial charge >= 0.3 is 6.36 Å². The minimum absolute atomic E-state index is 0.357. The van der Waals surface area contributed by atoms with Crippen molar-refractivity contribution < 1.29 is 27.4 Å². The van der Waals surface area contributed by atoms with Gasteiger partial charge in [0.05, 0.1) is 17.0 Å². The molecule has 0 atom stereocenters. The van der Waals surface area contributed by atoms with Crippen molar-refractivity contribution in [1.82, 2.24) is 10.3 Å². The van der Waals surface area contributed by atoms with Crippen LogP contribution >= 0.6 is 11.8 Å². The molecule has 0 unspecified atom stereocenters. The molecule has 0 radical (unpaired) electrons. The number of benzene rings is 2. The van der Waals surface area contributed by atoms with Crippen molar-refractivity contribution in [2.45, 2.75) is 33.2 Å². The lowest BCUT2D eigenvalue weighted by molar-refractivity contribution is -0.274. The SMILES string of the molecule is CCOc1ccc2nccc(CN/C(CC)=C(/SC)C(=O)Nc3ccc(OC(F)(F)F)cc3)c2c1. The molecular weight excluding hydrogens is 479 g/mol. The zero-order valence-electron chi connectivity index (χ0n) is 19.5. The highest BCUT2D eigenvalue weighted by atomic mass is 32.2. The molecule has 10 heteroatoms. The molecule has 2 N–H and O–H groups in total. The summed E-state index contributed by atoms with van der Waals surface area (Å²) >= 11 is 1.29. The molecule has 0 spiro atoms. The number of halogens is 3. The summed E-state index contributed by atoms with van der Waals surface area (Å²) in [7, 11) is 0. The molecule has 3 rings (SSSR count). The van der Waals surface area contributed by atoms with Gasteiger partial charge in [-0.3, -0.25) is 9.78 Å². The summed E-state index contributed by atoms with van der Waals surface area (Å²) in [6.07, 6.45) is -0.659. The molecule has 186 valence electrons. The van der Waals surface area contributed by atoms with Crippen LogP contribution in [0.25, 0.3) is 10.9 Å². The molecule has 35 heavy (non-hydrogen) atoms. The summed E-state index contributed by atoms with van der Waals surface area (Å²) in [5, 5.41) is 7.05. The average molecular weight is 506 g/mol. The van der Waals surface area contributed by atoms with E-state index in [1.807, 2.05) is 38.1 Å². The van der Waals surface area contributed by atoms with Crippen LogP contribution in [0.1, 0.15) is 25.8 Å². The van der Waals surface area contributed by atoms with E-state index >= 15 is 0 Å². The van der Waals surface area contributed by atoms with Crippen LogP contribution in [0.2, 0.25) is 0 Å². The normalized spacial score (nSPS) is 12.2. The molecule has 6 nitrogen and oxygen atoms in total. The number of nitrogens with one attached hydrogen (secondary N) is 2. The van der Waals surface area contributed by atoms with Gasteiger partial charge in [-0.15, -0.1) is 24.9 Å². The van der Waals surface area contributed by atoms with Crippen molar-refractivity contribution in [1.29, 1.82) is 0 Å². The summed E-state index contributed by atoms with van der Waals surface area (Å²) in [6, 6.07) is 12.7. The van der Waals surface area contributed by atoms with Crippen LogP contribution in [0.3, 0.4) is 0 Å². The monoisotopic (exact) mass is 505 g/mol. The van der Waals surface area contributed by atoms with Gasteiger partial charge in [0.2, 0.25) is 0 Å². The molecule has 1 amide bonds. The maximum Gasteiger partial charge on any atom is 0.573 e. The van der Waals surface area contributed by atoms with E-state index in [-0.39, 0.29) is 11.7 Å². The zero-order chi connectivity index (χ0) is 25.4. The molecule has 1 aromatic heterocycles. The van der Waals surface area contributed by atoms with Gasteiger partial charge in [0.25, 0.3) is 5.91 Å². The van der Waals surface area contributed by atoms with Gasteiger partial charge < -0.3 is 20.1 Å². The standard InChI is InChI=1S/C25H26F3N3O3S/c1-4-21(30-15-16-12-13-29-22-11-10-19(33-5-2)14-20(16)22)23(35-3)24(32)31-17-6-8-18(9-7-17)34-25(26,27)28/h6-14,30H,4-5,15H2,1-3H3,(H,31,32)/b23-21+. The number of hydrogen-bond acceptors (Lipinski definition) is 6. The number of anilines is 1. The molecule has 3 aromatic rings. The number of ether oxygens (including phenoxy) is 2. The van der Waals surface area contributed by atoms with Crippen molar-refractivity contribution in [3.8, 4) is 11.5 Å². The number of allylic oxidation sites excluding steroid dienone is 1. The minimum Gasteiger partial charge on any atom is -0.494 e. The predicted octanol–water partition coefficient (Wildman–Crippen LogP) is 6.25. The van der Waals surface area contributed by atoms with Crippen LogP contribution in [-0.4, -0.2) is 30.1 Å². The number of fused-ring (bicyclic) bond motifs is 1. The predicted molar refractivity (Wildman–Crippen MR) is 132 cm³/mol. The lowest BCUT2D eigenvalue weighted by Gasteiger charge is -2.16. The van der Waals surface area contributed by atoms with E-state index < -0.39 is 6.36 Å². The molecule has 0 aliphatic carbocycles. The second kappa shape index (κ2) is 11.8. The fourth-order valence-corrected chi connectivity index (χ4v) is 4.14. The highest BCUT2D eigenvalue weighted by molar-refractivity contribution is 8.03. The summed E-state index contributed by atoms with van der Waals surface area (Å²) in [4.78, 5) is 17.8. The number of pyridine rings is 1. The number of hydrogen-bond donors (Lipinski definition) is 2. The third-order valence-electron chi connectivity index (χ3n) is 4.99. The van der Waals surface area contributed by atoms with Gasteiger partial charge in [0.1, 0.15) is 11.5 Å². The first-order valence-electron chi connectivity index (χ1n) is 10.9. The highest BCUT2D eigenvalue weighted by Gasteiger charge is 2.31. The molecule has 0 fully saturated rings. The van der Waals surface area contributed by atoms with Crippen molar-refractivity contribution in [3.63, 3.8) is 0 Å². The Hall–Kier alpha value is -3.40. The topological polar surface area (TPSA) is 72.5 Å². The first kappa shape index (κ1) is 26.2. The van der Waals surface area contributed by atoms with Crippen LogP contribution < -0.4 is 20.1 Å². The molecule has 2 aromatic carbocycles. The van der Waals surface area contributed by atoms with Crippen LogP contribution in [0.4, 0.5) is 18.9 Å². The fourth-order valence-electron chi connectivity index (χ4n) is 3.44. The van der Waals surface area contributed by atoms with E-state index in [1.165, 1.54) is 23.9 Å². The maximum absolute atomic E-state index is 12.9. The van der Waals surface area contributed by atoms with E-state index in [2.05, 4.69) is 20.4 Å². The number of thioether (sulfide) groups is 1. The first-order valence-corrected chi connectivity index (χ1v) is 12.1. The molecule has 0 saturated heterocycles. The lowest BCUT2D eigenvalue weighted by atomic mass is 10.1. The van der Waals surface area contributed by atoms with Crippen LogP contribution in [0, 0.1) is 0 Å². The average Bonchev–Trinajstić information content (AvgIpc) is 2.82. The number of alkyl halides is 3. The molecule has 0 bridgehead atoms. The Labute approximate surface area is 205 Å². The number of amides is 1. The van der Waals surface area contributed by atoms with Gasteiger partial charge in [-0.05, 0) is 73.7 Å². The van der Waals surface area contributed by atoms with Gasteiger partial charge in [0.15, 0.2) is 0 Å². The van der Waals surface area contributed by atoms with Crippen LogP contribution in [0.15, 0.2) is 65.3 Å². The van der Waals surface area contributed by atoms with Gasteiger partial charge in [0, 0.05) is 29.5 Å². The Kier molecular flexibility index (Phi) is 8.86. The molecule has 0 aliphatic rings. The number of aromatic nitrogens is 1. The van der Waals surface area contributed by atoms with Crippen molar-refractivity contribution in [3.05, 3.63) is 70.9 Å². The summed E-state index contributed by atoms with van der Waals surface area (Å²) in [5.41, 5.74) is 2.95. The lowest BCUT2D eigenvalue weighted by Crippen LogP contribution is -2.21. The Bertz CT molecular complexity index is 1200. The second-order valence-corrected chi connectivity index (χ2v) is 8.14. The van der Waals surface area contributed by atoms with Crippen LogP contribution in [0.5, 0.6) is 11.5 Å². The molecular formula is C25H26F3N3O3S. The fraction of sp³-hybridized carbons (Fsp3) is 0.280. The zero-order valence-corrected chi connectivity index (χ0v) is 20.3. The number of nitrogens with zero attached hydrogens (tertiary/aromatic N) is 1. The minimum atomic E-state index is -4.77. The third kappa shape index (κ3) is 7.29. The van der Waals surface area contributed by atoms with Gasteiger partial charge in [-0.1, -0.05) is 6.92 Å². The summed E-state index contributed by atoms with van der Waals surface area (Å²) in [6.45, 7) is 4.89. The largest absolute Gasteiger partial charge is 0.573 e. The Balaban J connectivity index is 1.76. The third-order valence-corrected chi connectivity index (χ3v) is 5.83. The Morgan fingerprint density at radius 3 is 2.40 bits per heavy atom. The van der Waals surface area contributed by atoms with Crippen molar-refractivity contribution in [2.75, 3.05) is 18.2 Å². The Morgan fingerprint density at radius 1 is 1.06 bits per heavy atom. The van der Waals surface area contributed by atoms with Crippen LogP contribution in [-0.2, 0) is 11.3 Å².